The molecule has 0 atom stereocenters. The van der Waals surface area contributed by atoms with E-state index in [0.29, 0.717) is 39.3 Å². The molecule has 7 heteroatoms. The number of ether oxygens (including phenoxy) is 1. The third-order valence-corrected chi connectivity index (χ3v) is 5.39. The van der Waals surface area contributed by atoms with Crippen LogP contribution in [0.3, 0.4) is 0 Å². The molecule has 29 heavy (non-hydrogen) atoms. The zero-order valence-corrected chi connectivity index (χ0v) is 17.1. The standard InChI is InChI=1S/C22H16Cl2O5/c1-11-20(25)12(2)22(26)29-21(11)19-9-14-8-15(4-6-18(14)28-19)27-10-13-3-5-16(23)17(24)7-13/h3-9,25H,10H2,1-2H3. The van der Waals surface area contributed by atoms with E-state index in [1.807, 2.05) is 12.1 Å². The number of hydrogen-bond donors (Lipinski definition) is 1. The summed E-state index contributed by atoms with van der Waals surface area (Å²) in [5, 5.41) is 11.9. The van der Waals surface area contributed by atoms with Crippen LogP contribution >= 0.6 is 23.2 Å². The number of halogens is 2. The molecular weight excluding hydrogens is 415 g/mol. The molecule has 2 aromatic heterocycles. The molecule has 0 spiro atoms. The van der Waals surface area contributed by atoms with Crippen molar-refractivity contribution < 1.29 is 18.7 Å². The lowest BCUT2D eigenvalue weighted by atomic mass is 10.1. The molecule has 1 N–H and O–H groups in total. The van der Waals surface area contributed by atoms with Crippen molar-refractivity contribution >= 4 is 34.2 Å². The highest BCUT2D eigenvalue weighted by Gasteiger charge is 2.18. The zero-order valence-electron chi connectivity index (χ0n) is 15.6. The average molecular weight is 431 g/mol. The van der Waals surface area contributed by atoms with Gasteiger partial charge in [0.25, 0.3) is 0 Å². The quantitative estimate of drug-likeness (QED) is 0.413. The van der Waals surface area contributed by atoms with Gasteiger partial charge in [0, 0.05) is 10.9 Å². The molecule has 0 aliphatic heterocycles. The molecule has 0 amide bonds. The lowest BCUT2D eigenvalue weighted by Gasteiger charge is -2.07. The molecule has 2 aromatic carbocycles. The third-order valence-electron chi connectivity index (χ3n) is 4.65. The summed E-state index contributed by atoms with van der Waals surface area (Å²) in [6.07, 6.45) is 0. The summed E-state index contributed by atoms with van der Waals surface area (Å²) in [5.74, 6) is 1.10. The van der Waals surface area contributed by atoms with Crippen LogP contribution < -0.4 is 10.4 Å². The van der Waals surface area contributed by atoms with Gasteiger partial charge in [0.1, 0.15) is 23.7 Å². The van der Waals surface area contributed by atoms with Gasteiger partial charge in [0.05, 0.1) is 15.6 Å². The van der Waals surface area contributed by atoms with Crippen LogP contribution in [0.25, 0.3) is 22.5 Å². The Hall–Kier alpha value is -2.89. The third kappa shape index (κ3) is 3.71. The van der Waals surface area contributed by atoms with Gasteiger partial charge in [-0.1, -0.05) is 29.3 Å². The largest absolute Gasteiger partial charge is 0.507 e. The minimum Gasteiger partial charge on any atom is -0.507 e. The van der Waals surface area contributed by atoms with Crippen LogP contribution in [0.2, 0.25) is 10.0 Å². The highest BCUT2D eigenvalue weighted by Crippen LogP contribution is 2.34. The molecule has 0 unspecified atom stereocenters. The summed E-state index contributed by atoms with van der Waals surface area (Å²) in [6.45, 7) is 3.50. The molecule has 5 nitrogen and oxygen atoms in total. The van der Waals surface area contributed by atoms with E-state index in [2.05, 4.69) is 0 Å². The zero-order chi connectivity index (χ0) is 20.7. The van der Waals surface area contributed by atoms with Gasteiger partial charge in [-0.15, -0.1) is 0 Å². The van der Waals surface area contributed by atoms with Gasteiger partial charge >= 0.3 is 5.63 Å². The molecule has 148 valence electrons. The van der Waals surface area contributed by atoms with Crippen LogP contribution in [0.1, 0.15) is 16.7 Å². The minimum absolute atomic E-state index is 0.0950. The number of furan rings is 1. The first-order chi connectivity index (χ1) is 13.8. The number of fused-ring (bicyclic) bond motifs is 1. The van der Waals surface area contributed by atoms with Crippen molar-refractivity contribution in [2.45, 2.75) is 20.5 Å². The molecule has 0 fully saturated rings. The maximum Gasteiger partial charge on any atom is 0.343 e. The lowest BCUT2D eigenvalue weighted by molar-refractivity contribution is 0.306. The first-order valence-corrected chi connectivity index (χ1v) is 9.53. The van der Waals surface area contributed by atoms with E-state index in [1.54, 1.807) is 37.3 Å². The van der Waals surface area contributed by atoms with Crippen molar-refractivity contribution in [2.75, 3.05) is 0 Å². The van der Waals surface area contributed by atoms with Crippen LogP contribution in [-0.4, -0.2) is 5.11 Å². The van der Waals surface area contributed by atoms with Crippen LogP contribution in [0, 0.1) is 13.8 Å². The molecule has 4 aromatic rings. The van der Waals surface area contributed by atoms with Crippen LogP contribution in [0.4, 0.5) is 0 Å². The van der Waals surface area contributed by atoms with Gasteiger partial charge in [-0.25, -0.2) is 4.79 Å². The number of hydrogen-bond acceptors (Lipinski definition) is 5. The van der Waals surface area contributed by atoms with E-state index in [-0.39, 0.29) is 17.1 Å². The van der Waals surface area contributed by atoms with E-state index in [1.165, 1.54) is 6.92 Å². The molecule has 0 aliphatic rings. The molecule has 0 radical (unpaired) electrons. The molecule has 0 aliphatic carbocycles. The number of aromatic hydroxyl groups is 1. The fraction of sp³-hybridized carbons (Fsp3) is 0.136. The highest BCUT2D eigenvalue weighted by molar-refractivity contribution is 6.42. The lowest BCUT2D eigenvalue weighted by Crippen LogP contribution is -2.05. The van der Waals surface area contributed by atoms with E-state index >= 15 is 0 Å². The fourth-order valence-corrected chi connectivity index (χ4v) is 3.31. The van der Waals surface area contributed by atoms with Gasteiger partial charge in [0.2, 0.25) is 0 Å². The summed E-state index contributed by atoms with van der Waals surface area (Å²) in [7, 11) is 0. The Morgan fingerprint density at radius 1 is 0.966 bits per heavy atom. The van der Waals surface area contributed by atoms with Gasteiger partial charge in [-0.2, -0.15) is 0 Å². The molecule has 0 saturated heterocycles. The topological polar surface area (TPSA) is 72.8 Å². The van der Waals surface area contributed by atoms with Crippen molar-refractivity contribution in [3.63, 3.8) is 0 Å². The Bertz CT molecular complexity index is 1290. The SMILES string of the molecule is Cc1c(-c2cc3cc(OCc4ccc(Cl)c(Cl)c4)ccc3o2)oc(=O)c(C)c1O. The average Bonchev–Trinajstić information content (AvgIpc) is 3.13. The fourth-order valence-electron chi connectivity index (χ4n) is 2.99. The Morgan fingerprint density at radius 2 is 1.76 bits per heavy atom. The smallest absolute Gasteiger partial charge is 0.343 e. The monoisotopic (exact) mass is 430 g/mol. The summed E-state index contributed by atoms with van der Waals surface area (Å²) in [6, 6.07) is 12.4. The second-order valence-corrected chi connectivity index (χ2v) is 7.48. The predicted molar refractivity (Wildman–Crippen MR) is 112 cm³/mol. The maximum atomic E-state index is 11.9. The van der Waals surface area contributed by atoms with Gasteiger partial charge < -0.3 is 18.7 Å². The van der Waals surface area contributed by atoms with Crippen molar-refractivity contribution in [1.82, 2.24) is 0 Å². The maximum absolute atomic E-state index is 11.9. The summed E-state index contributed by atoms with van der Waals surface area (Å²) in [4.78, 5) is 11.9. The van der Waals surface area contributed by atoms with E-state index in [0.717, 1.165) is 10.9 Å². The Labute approximate surface area is 176 Å². The Morgan fingerprint density at radius 3 is 2.52 bits per heavy atom. The second-order valence-electron chi connectivity index (χ2n) is 6.66. The Balaban J connectivity index is 1.63. The van der Waals surface area contributed by atoms with Crippen molar-refractivity contribution in [2.24, 2.45) is 0 Å². The summed E-state index contributed by atoms with van der Waals surface area (Å²) in [5.41, 5.74) is 1.50. The first-order valence-electron chi connectivity index (χ1n) is 8.77. The van der Waals surface area contributed by atoms with Crippen LogP contribution in [0.15, 0.2) is 56.1 Å². The van der Waals surface area contributed by atoms with Crippen molar-refractivity contribution in [1.29, 1.82) is 0 Å². The van der Waals surface area contributed by atoms with Gasteiger partial charge in [-0.05, 0) is 55.8 Å². The molecule has 0 saturated carbocycles. The molecule has 0 bridgehead atoms. The molecule has 4 rings (SSSR count). The van der Waals surface area contributed by atoms with E-state index in [4.69, 9.17) is 36.8 Å². The Kier molecular flexibility index (Phi) is 5.03. The van der Waals surface area contributed by atoms with E-state index in [9.17, 15) is 9.90 Å². The molecule has 2 heterocycles. The minimum atomic E-state index is -0.603. The predicted octanol–water partition coefficient (Wildman–Crippen LogP) is 6.26. The van der Waals surface area contributed by atoms with E-state index < -0.39 is 5.63 Å². The normalized spacial score (nSPS) is 11.2. The van der Waals surface area contributed by atoms with Crippen LogP contribution in [-0.2, 0) is 6.61 Å². The van der Waals surface area contributed by atoms with Crippen molar-refractivity contribution in [3.05, 3.63) is 79.6 Å². The van der Waals surface area contributed by atoms with Crippen molar-refractivity contribution in [3.8, 4) is 23.0 Å². The van der Waals surface area contributed by atoms with Gasteiger partial charge in [0.15, 0.2) is 11.5 Å². The molecular formula is C22H16Cl2O5. The highest BCUT2D eigenvalue weighted by atomic mass is 35.5. The van der Waals surface area contributed by atoms with Crippen LogP contribution in [0.5, 0.6) is 11.5 Å². The van der Waals surface area contributed by atoms with Gasteiger partial charge in [-0.3, -0.25) is 0 Å². The number of rotatable bonds is 4. The first kappa shape index (κ1) is 19.4. The summed E-state index contributed by atoms with van der Waals surface area (Å²) < 4.78 is 17.0. The number of benzene rings is 2. The summed E-state index contributed by atoms with van der Waals surface area (Å²) >= 11 is 12.0. The second kappa shape index (κ2) is 7.50.